The van der Waals surface area contributed by atoms with Crippen LogP contribution in [0.15, 0.2) is 0 Å². The van der Waals surface area contributed by atoms with Crippen LogP contribution in [0.25, 0.3) is 0 Å². The summed E-state index contributed by atoms with van der Waals surface area (Å²) in [5.74, 6) is -0.337. The van der Waals surface area contributed by atoms with Crippen LogP contribution < -0.4 is 5.32 Å². The molecule has 0 aliphatic carbocycles. The third-order valence-corrected chi connectivity index (χ3v) is 6.17. The second-order valence-electron chi connectivity index (χ2n) is 9.26. The van der Waals surface area contributed by atoms with Crippen LogP contribution in [0.4, 0.5) is 4.79 Å². The lowest BCUT2D eigenvalue weighted by atomic mass is 9.99. The zero-order chi connectivity index (χ0) is 23.9. The molecule has 0 radical (unpaired) electrons. The zero-order valence-electron chi connectivity index (χ0n) is 21.7. The second kappa shape index (κ2) is 22.9. The SMILES string of the molecule is CCCCCCCCCCCCCCCCCOC(=O)[C@@H](NC(=O)OCCC)C(C)CC. The number of alkyl carbamates (subject to hydrolysis) is 1. The Morgan fingerprint density at radius 3 is 1.53 bits per heavy atom. The minimum absolute atomic E-state index is 0.0118. The maximum Gasteiger partial charge on any atom is 0.407 e. The molecule has 5 nitrogen and oxygen atoms in total. The Balaban J connectivity index is 3.66. The van der Waals surface area contributed by atoms with E-state index in [4.69, 9.17) is 9.47 Å². The van der Waals surface area contributed by atoms with E-state index < -0.39 is 12.1 Å². The highest BCUT2D eigenvalue weighted by Crippen LogP contribution is 2.14. The summed E-state index contributed by atoms with van der Waals surface area (Å²) < 4.78 is 10.5. The van der Waals surface area contributed by atoms with Gasteiger partial charge in [-0.3, -0.25) is 0 Å². The Labute approximate surface area is 198 Å². The van der Waals surface area contributed by atoms with Gasteiger partial charge in [-0.25, -0.2) is 9.59 Å². The van der Waals surface area contributed by atoms with Crippen molar-refractivity contribution in [3.05, 3.63) is 0 Å². The van der Waals surface area contributed by atoms with E-state index in [-0.39, 0.29) is 11.9 Å². The molecule has 2 atom stereocenters. The minimum atomic E-state index is -0.638. The average Bonchev–Trinajstić information content (AvgIpc) is 2.80. The summed E-state index contributed by atoms with van der Waals surface area (Å²) in [6.07, 6.45) is 20.7. The molecule has 0 aromatic heterocycles. The van der Waals surface area contributed by atoms with Gasteiger partial charge in [0, 0.05) is 0 Å². The lowest BCUT2D eigenvalue weighted by molar-refractivity contribution is -0.147. The van der Waals surface area contributed by atoms with E-state index in [1.165, 1.54) is 83.5 Å². The maximum atomic E-state index is 12.4. The predicted octanol–water partition coefficient (Wildman–Crippen LogP) is 7.95. The Morgan fingerprint density at radius 2 is 1.09 bits per heavy atom. The van der Waals surface area contributed by atoms with Gasteiger partial charge in [0.15, 0.2) is 0 Å². The normalized spacial score (nSPS) is 12.9. The zero-order valence-corrected chi connectivity index (χ0v) is 21.7. The van der Waals surface area contributed by atoms with Gasteiger partial charge in [-0.15, -0.1) is 0 Å². The van der Waals surface area contributed by atoms with E-state index in [0.717, 1.165) is 25.7 Å². The summed E-state index contributed by atoms with van der Waals surface area (Å²) in [6, 6.07) is -0.638. The van der Waals surface area contributed by atoms with E-state index in [2.05, 4.69) is 12.2 Å². The number of amides is 1. The van der Waals surface area contributed by atoms with Gasteiger partial charge in [-0.1, -0.05) is 124 Å². The van der Waals surface area contributed by atoms with Crippen LogP contribution in [0.1, 0.15) is 137 Å². The molecule has 0 aliphatic rings. The maximum absolute atomic E-state index is 12.4. The average molecular weight is 456 g/mol. The van der Waals surface area contributed by atoms with Crippen molar-refractivity contribution in [3.63, 3.8) is 0 Å². The fraction of sp³-hybridized carbons (Fsp3) is 0.926. The van der Waals surface area contributed by atoms with Crippen molar-refractivity contribution in [1.29, 1.82) is 0 Å². The Kier molecular flexibility index (Phi) is 22.0. The van der Waals surface area contributed by atoms with E-state index in [9.17, 15) is 9.59 Å². The summed E-state index contributed by atoms with van der Waals surface area (Å²) >= 11 is 0. The van der Waals surface area contributed by atoms with Crippen LogP contribution in [-0.4, -0.2) is 31.3 Å². The Bertz CT molecular complexity index is 441. The fourth-order valence-corrected chi connectivity index (χ4v) is 3.77. The third-order valence-electron chi connectivity index (χ3n) is 6.17. The number of hydrogen-bond acceptors (Lipinski definition) is 4. The van der Waals surface area contributed by atoms with Gasteiger partial charge in [-0.05, 0) is 18.8 Å². The number of carbonyl (C=O) groups excluding carboxylic acids is 2. The van der Waals surface area contributed by atoms with Gasteiger partial charge < -0.3 is 14.8 Å². The molecule has 0 aromatic rings. The molecule has 32 heavy (non-hydrogen) atoms. The van der Waals surface area contributed by atoms with Crippen LogP contribution in [0.5, 0.6) is 0 Å². The third kappa shape index (κ3) is 18.3. The molecular formula is C27H53NO4. The fourth-order valence-electron chi connectivity index (χ4n) is 3.77. The molecule has 0 spiro atoms. The van der Waals surface area contributed by atoms with Gasteiger partial charge in [0.05, 0.1) is 13.2 Å². The van der Waals surface area contributed by atoms with Crippen LogP contribution in [0.2, 0.25) is 0 Å². The summed E-state index contributed by atoms with van der Waals surface area (Å²) in [7, 11) is 0. The van der Waals surface area contributed by atoms with E-state index in [0.29, 0.717) is 13.2 Å². The number of unbranched alkanes of at least 4 members (excludes halogenated alkanes) is 14. The first-order valence-electron chi connectivity index (χ1n) is 13.7. The van der Waals surface area contributed by atoms with Crippen LogP contribution in [0, 0.1) is 5.92 Å². The number of esters is 1. The summed E-state index contributed by atoms with van der Waals surface area (Å²) in [6.45, 7) is 8.93. The molecule has 5 heteroatoms. The Morgan fingerprint density at radius 1 is 0.625 bits per heavy atom. The molecule has 0 fully saturated rings. The van der Waals surface area contributed by atoms with Crippen molar-refractivity contribution < 1.29 is 19.1 Å². The summed E-state index contributed by atoms with van der Waals surface area (Å²) in [5.41, 5.74) is 0. The molecule has 1 N–H and O–H groups in total. The molecule has 0 bridgehead atoms. The van der Waals surface area contributed by atoms with Crippen molar-refractivity contribution in [2.75, 3.05) is 13.2 Å². The van der Waals surface area contributed by atoms with E-state index in [1.807, 2.05) is 20.8 Å². The lowest BCUT2D eigenvalue weighted by Gasteiger charge is -2.22. The lowest BCUT2D eigenvalue weighted by Crippen LogP contribution is -2.46. The number of hydrogen-bond donors (Lipinski definition) is 1. The smallest absolute Gasteiger partial charge is 0.407 e. The van der Waals surface area contributed by atoms with Crippen molar-refractivity contribution in [1.82, 2.24) is 5.32 Å². The van der Waals surface area contributed by atoms with Crippen LogP contribution in [-0.2, 0) is 14.3 Å². The predicted molar refractivity (Wildman–Crippen MR) is 134 cm³/mol. The number of nitrogens with one attached hydrogen (secondary N) is 1. The molecule has 0 saturated heterocycles. The second-order valence-corrected chi connectivity index (χ2v) is 9.26. The van der Waals surface area contributed by atoms with E-state index >= 15 is 0 Å². The first-order chi connectivity index (χ1) is 15.6. The quantitative estimate of drug-likeness (QED) is 0.133. The molecule has 1 amide bonds. The number of ether oxygens (including phenoxy) is 2. The first-order valence-corrected chi connectivity index (χ1v) is 13.7. The molecular weight excluding hydrogens is 402 g/mol. The topological polar surface area (TPSA) is 64.6 Å². The highest BCUT2D eigenvalue weighted by Gasteiger charge is 2.27. The molecule has 1 unspecified atom stereocenters. The molecule has 0 rings (SSSR count). The monoisotopic (exact) mass is 455 g/mol. The molecule has 0 aliphatic heterocycles. The number of carbonyl (C=O) groups is 2. The van der Waals surface area contributed by atoms with Gasteiger partial charge in [-0.2, -0.15) is 0 Å². The highest BCUT2D eigenvalue weighted by atomic mass is 16.6. The summed E-state index contributed by atoms with van der Waals surface area (Å²) in [5, 5.41) is 2.67. The van der Waals surface area contributed by atoms with Crippen molar-refractivity contribution >= 4 is 12.1 Å². The molecule has 190 valence electrons. The van der Waals surface area contributed by atoms with Gasteiger partial charge in [0.2, 0.25) is 0 Å². The van der Waals surface area contributed by atoms with Crippen molar-refractivity contribution in [3.8, 4) is 0 Å². The highest BCUT2D eigenvalue weighted by molar-refractivity contribution is 5.81. The molecule has 0 aromatic carbocycles. The van der Waals surface area contributed by atoms with Gasteiger partial charge in [0.25, 0.3) is 0 Å². The van der Waals surface area contributed by atoms with Crippen molar-refractivity contribution in [2.45, 2.75) is 143 Å². The van der Waals surface area contributed by atoms with Crippen molar-refractivity contribution in [2.24, 2.45) is 5.92 Å². The molecule has 0 heterocycles. The van der Waals surface area contributed by atoms with E-state index in [1.54, 1.807) is 0 Å². The van der Waals surface area contributed by atoms with Crippen LogP contribution >= 0.6 is 0 Å². The largest absolute Gasteiger partial charge is 0.464 e. The first kappa shape index (κ1) is 30.7. The standard InChI is InChI=1S/C27H53NO4/c1-5-8-9-10-11-12-13-14-15-16-17-18-19-20-21-23-31-26(29)25(24(4)7-3)28-27(30)32-22-6-2/h24-25H,5-23H2,1-4H3,(H,28,30)/t24?,25-/m0/s1. The van der Waals surface area contributed by atoms with Gasteiger partial charge >= 0.3 is 12.1 Å². The van der Waals surface area contributed by atoms with Crippen LogP contribution in [0.3, 0.4) is 0 Å². The molecule has 0 saturated carbocycles. The van der Waals surface area contributed by atoms with Gasteiger partial charge in [0.1, 0.15) is 6.04 Å². The minimum Gasteiger partial charge on any atom is -0.464 e. The summed E-state index contributed by atoms with van der Waals surface area (Å²) in [4.78, 5) is 24.2. The number of rotatable bonds is 22. The Hall–Kier alpha value is -1.26.